The number of rotatable bonds is 6. The highest BCUT2D eigenvalue weighted by molar-refractivity contribution is 7.92. The average molecular weight is 580 g/mol. The highest BCUT2D eigenvalue weighted by Crippen LogP contribution is 2.34. The molecule has 0 spiro atoms. The zero-order valence-electron chi connectivity index (χ0n) is 19.3. The van der Waals surface area contributed by atoms with Crippen LogP contribution in [-0.4, -0.2) is 30.8 Å². The molecule has 0 unspecified atom stereocenters. The number of carbonyl (C=O) groups is 1. The average Bonchev–Trinajstić information content (AvgIpc) is 3.49. The fourth-order valence-electron chi connectivity index (χ4n) is 4.29. The lowest BCUT2D eigenvalue weighted by molar-refractivity contribution is 0.246. The standard InChI is InChI=1S/C25H21Cl2FN4O3S2/c26-18-9-8-17(20(27)11-18)14-32-24-16(12-30-32)5-3-6-19(24)21(28)13-29-25(33)31-37(34,35)23-10-15-4-1-2-7-22(15)36-23/h1-2,4,7-12H,3,5-6,13-14H2,(H2,29,31,33)/b21-19-. The van der Waals surface area contributed by atoms with E-state index in [4.69, 9.17) is 23.2 Å². The predicted octanol–water partition coefficient (Wildman–Crippen LogP) is 6.16. The lowest BCUT2D eigenvalue weighted by atomic mass is 9.92. The van der Waals surface area contributed by atoms with Crippen molar-refractivity contribution in [1.29, 1.82) is 0 Å². The number of nitrogens with zero attached hydrogens (tertiary/aromatic N) is 2. The molecule has 0 saturated heterocycles. The summed E-state index contributed by atoms with van der Waals surface area (Å²) in [6, 6.07) is 12.8. The molecule has 4 aromatic rings. The minimum absolute atomic E-state index is 0.00404. The van der Waals surface area contributed by atoms with E-state index in [9.17, 15) is 13.2 Å². The van der Waals surface area contributed by atoms with Crippen LogP contribution < -0.4 is 10.0 Å². The zero-order chi connectivity index (χ0) is 26.2. The van der Waals surface area contributed by atoms with Gasteiger partial charge in [0.25, 0.3) is 10.0 Å². The molecule has 37 heavy (non-hydrogen) atoms. The van der Waals surface area contributed by atoms with Crippen LogP contribution in [0.4, 0.5) is 9.18 Å². The van der Waals surface area contributed by atoms with E-state index in [-0.39, 0.29) is 4.21 Å². The van der Waals surface area contributed by atoms with Gasteiger partial charge >= 0.3 is 6.03 Å². The molecule has 1 aliphatic rings. The van der Waals surface area contributed by atoms with Crippen LogP contribution in [0.5, 0.6) is 0 Å². The van der Waals surface area contributed by atoms with Gasteiger partial charge in [0, 0.05) is 20.3 Å². The summed E-state index contributed by atoms with van der Waals surface area (Å²) < 4.78 is 45.1. The van der Waals surface area contributed by atoms with Crippen LogP contribution in [0.1, 0.15) is 29.7 Å². The Morgan fingerprint density at radius 2 is 1.95 bits per heavy atom. The first-order valence-electron chi connectivity index (χ1n) is 11.4. The fraction of sp³-hybridized carbons (Fsp3) is 0.200. The summed E-state index contributed by atoms with van der Waals surface area (Å²) in [5, 5.41) is 8.51. The first kappa shape index (κ1) is 25.7. The number of urea groups is 1. The van der Waals surface area contributed by atoms with E-state index >= 15 is 4.39 Å². The van der Waals surface area contributed by atoms with Crippen molar-refractivity contribution < 1.29 is 17.6 Å². The van der Waals surface area contributed by atoms with Crippen molar-refractivity contribution in [2.24, 2.45) is 0 Å². The van der Waals surface area contributed by atoms with Gasteiger partial charge in [0.15, 0.2) is 0 Å². The second-order valence-electron chi connectivity index (χ2n) is 8.54. The third-order valence-corrected chi connectivity index (χ3v) is 9.54. The Morgan fingerprint density at radius 3 is 2.73 bits per heavy atom. The molecule has 0 fully saturated rings. The molecule has 2 N–H and O–H groups in total. The van der Waals surface area contributed by atoms with E-state index in [0.29, 0.717) is 34.3 Å². The summed E-state index contributed by atoms with van der Waals surface area (Å²) in [5.74, 6) is -0.556. The van der Waals surface area contributed by atoms with E-state index in [2.05, 4.69) is 10.4 Å². The molecular formula is C25H21Cl2FN4O3S2. The number of amides is 2. The molecule has 0 aliphatic heterocycles. The number of hydrogen-bond acceptors (Lipinski definition) is 5. The number of fused-ring (bicyclic) bond motifs is 2. The highest BCUT2D eigenvalue weighted by Gasteiger charge is 2.25. The van der Waals surface area contributed by atoms with Crippen molar-refractivity contribution in [3.63, 3.8) is 0 Å². The van der Waals surface area contributed by atoms with Gasteiger partial charge < -0.3 is 5.32 Å². The molecule has 5 rings (SSSR count). The Hall–Kier alpha value is -2.92. The van der Waals surface area contributed by atoms with Crippen LogP contribution in [0.25, 0.3) is 15.7 Å². The van der Waals surface area contributed by atoms with Crippen molar-refractivity contribution >= 4 is 66.3 Å². The summed E-state index contributed by atoms with van der Waals surface area (Å²) in [6.07, 6.45) is 3.66. The lowest BCUT2D eigenvalue weighted by Crippen LogP contribution is -2.39. The van der Waals surface area contributed by atoms with Gasteiger partial charge in [-0.25, -0.2) is 22.3 Å². The van der Waals surface area contributed by atoms with Crippen LogP contribution in [-0.2, 0) is 23.0 Å². The van der Waals surface area contributed by atoms with Crippen LogP contribution in [0.2, 0.25) is 10.0 Å². The summed E-state index contributed by atoms with van der Waals surface area (Å²) >= 11 is 13.4. The molecule has 1 aliphatic carbocycles. The second-order valence-corrected chi connectivity index (χ2v) is 12.4. The van der Waals surface area contributed by atoms with Gasteiger partial charge in [-0.2, -0.15) is 5.10 Å². The van der Waals surface area contributed by atoms with Crippen molar-refractivity contribution in [2.75, 3.05) is 6.54 Å². The minimum atomic E-state index is -4.10. The van der Waals surface area contributed by atoms with E-state index in [1.54, 1.807) is 53.3 Å². The smallest absolute Gasteiger partial charge is 0.329 e. The Kier molecular flexibility index (Phi) is 7.26. The van der Waals surface area contributed by atoms with Crippen LogP contribution in [0.15, 0.2) is 64.8 Å². The second kappa shape index (κ2) is 10.4. The molecule has 0 saturated carbocycles. The van der Waals surface area contributed by atoms with Crippen LogP contribution in [0.3, 0.4) is 0 Å². The number of allylic oxidation sites excluding steroid dienone is 1. The summed E-state index contributed by atoms with van der Waals surface area (Å²) in [7, 11) is -4.10. The molecule has 2 aromatic carbocycles. The van der Waals surface area contributed by atoms with E-state index in [1.807, 2.05) is 4.72 Å². The molecule has 0 atom stereocenters. The van der Waals surface area contributed by atoms with Gasteiger partial charge in [-0.1, -0.05) is 47.5 Å². The highest BCUT2D eigenvalue weighted by atomic mass is 35.5. The molecule has 0 radical (unpaired) electrons. The predicted molar refractivity (Wildman–Crippen MR) is 144 cm³/mol. The quantitative estimate of drug-likeness (QED) is 0.286. The summed E-state index contributed by atoms with van der Waals surface area (Å²) in [5.41, 5.74) is 2.76. The molecule has 12 heteroatoms. The SMILES string of the molecule is O=C(NC/C(F)=C1\CCCc2cnn(Cc3ccc(Cl)cc3Cl)c21)NS(=O)(=O)c1cc2ccccc2s1. The Bertz CT molecular complexity index is 1610. The fourth-order valence-corrected chi connectivity index (χ4v) is 7.08. The number of halogens is 3. The van der Waals surface area contributed by atoms with Crippen molar-refractivity contribution in [1.82, 2.24) is 19.8 Å². The monoisotopic (exact) mass is 578 g/mol. The third kappa shape index (κ3) is 5.52. The maximum atomic E-state index is 15.4. The minimum Gasteiger partial charge on any atom is -0.331 e. The first-order chi connectivity index (χ1) is 17.7. The zero-order valence-corrected chi connectivity index (χ0v) is 22.4. The normalized spacial score (nSPS) is 14.9. The van der Waals surface area contributed by atoms with Crippen molar-refractivity contribution in [2.45, 2.75) is 30.0 Å². The number of aryl methyl sites for hydroxylation is 1. The number of thiophene rings is 1. The molecule has 2 amide bonds. The number of sulfonamides is 1. The largest absolute Gasteiger partial charge is 0.331 e. The van der Waals surface area contributed by atoms with Crippen LogP contribution >= 0.6 is 34.5 Å². The van der Waals surface area contributed by atoms with Crippen molar-refractivity contribution in [3.05, 3.63) is 87.4 Å². The van der Waals surface area contributed by atoms with Gasteiger partial charge in [0.2, 0.25) is 0 Å². The van der Waals surface area contributed by atoms with Crippen LogP contribution in [0, 0.1) is 0 Å². The summed E-state index contributed by atoms with van der Waals surface area (Å²) in [4.78, 5) is 12.4. The molecular weight excluding hydrogens is 558 g/mol. The Morgan fingerprint density at radius 1 is 1.14 bits per heavy atom. The van der Waals surface area contributed by atoms with Gasteiger partial charge in [0.1, 0.15) is 10.0 Å². The van der Waals surface area contributed by atoms with E-state index < -0.39 is 28.4 Å². The molecule has 2 aromatic heterocycles. The van der Waals surface area contributed by atoms with E-state index in [0.717, 1.165) is 45.4 Å². The first-order valence-corrected chi connectivity index (χ1v) is 14.4. The van der Waals surface area contributed by atoms with Gasteiger partial charge in [-0.05, 0) is 60.0 Å². The van der Waals surface area contributed by atoms with Gasteiger partial charge in [-0.15, -0.1) is 11.3 Å². The van der Waals surface area contributed by atoms with Gasteiger partial charge in [-0.3, -0.25) is 4.68 Å². The maximum Gasteiger partial charge on any atom is 0.329 e. The number of benzene rings is 2. The Balaban J connectivity index is 1.31. The number of nitrogens with one attached hydrogen (secondary N) is 2. The molecule has 192 valence electrons. The number of carbonyl (C=O) groups excluding carboxylic acids is 1. The topological polar surface area (TPSA) is 93.1 Å². The maximum absolute atomic E-state index is 15.4. The Labute approximate surface area is 226 Å². The number of aromatic nitrogens is 2. The van der Waals surface area contributed by atoms with E-state index in [1.165, 1.54) is 6.07 Å². The lowest BCUT2D eigenvalue weighted by Gasteiger charge is -2.19. The third-order valence-electron chi connectivity index (χ3n) is 6.04. The molecule has 2 heterocycles. The number of hydrogen-bond donors (Lipinski definition) is 2. The molecule has 0 bridgehead atoms. The molecule has 7 nitrogen and oxygen atoms in total. The van der Waals surface area contributed by atoms with Crippen molar-refractivity contribution in [3.8, 4) is 0 Å². The van der Waals surface area contributed by atoms with Gasteiger partial charge in [0.05, 0.1) is 25.0 Å². The summed E-state index contributed by atoms with van der Waals surface area (Å²) in [6.45, 7) is -0.140.